The zero-order valence-electron chi connectivity index (χ0n) is 7.33. The van der Waals surface area contributed by atoms with Gasteiger partial charge in [0, 0.05) is 17.8 Å². The molecule has 0 amide bonds. The second-order valence-electron chi connectivity index (χ2n) is 2.90. The number of para-hydroxylation sites is 1. The Morgan fingerprint density at radius 3 is 2.69 bits per heavy atom. The molecule has 1 N–H and O–H groups in total. The highest BCUT2D eigenvalue weighted by atomic mass is 14.9. The fourth-order valence-corrected chi connectivity index (χ4v) is 1.24. The SMILES string of the molecule is [C]1=CC[CH]C(Nc2ccccc2)=C1. The summed E-state index contributed by atoms with van der Waals surface area (Å²) < 4.78 is 0. The van der Waals surface area contributed by atoms with Crippen LogP contribution in [0.2, 0.25) is 0 Å². The van der Waals surface area contributed by atoms with Crippen molar-refractivity contribution in [3.8, 4) is 0 Å². The Kier molecular flexibility index (Phi) is 2.46. The van der Waals surface area contributed by atoms with Crippen molar-refractivity contribution in [3.05, 3.63) is 60.7 Å². The highest BCUT2D eigenvalue weighted by Gasteiger charge is 1.99. The summed E-state index contributed by atoms with van der Waals surface area (Å²) in [6.07, 6.45) is 10.1. The average molecular weight is 169 g/mol. The maximum Gasteiger partial charge on any atom is 0.0381 e. The van der Waals surface area contributed by atoms with Gasteiger partial charge >= 0.3 is 0 Å². The number of rotatable bonds is 2. The second-order valence-corrected chi connectivity index (χ2v) is 2.90. The van der Waals surface area contributed by atoms with E-state index in [1.807, 2.05) is 42.5 Å². The summed E-state index contributed by atoms with van der Waals surface area (Å²) in [5.41, 5.74) is 2.24. The molecule has 1 heteroatoms. The Labute approximate surface area is 78.8 Å². The fraction of sp³-hybridized carbons (Fsp3) is 0.0833. The van der Waals surface area contributed by atoms with Gasteiger partial charge in [0.05, 0.1) is 0 Å². The molecule has 2 rings (SSSR count). The molecule has 13 heavy (non-hydrogen) atoms. The smallest absolute Gasteiger partial charge is 0.0381 e. The highest BCUT2D eigenvalue weighted by molar-refractivity contribution is 5.50. The Bertz CT molecular complexity index is 322. The molecule has 0 saturated carbocycles. The molecular formula is C12H11N. The maximum absolute atomic E-state index is 3.30. The van der Waals surface area contributed by atoms with Crippen LogP contribution in [-0.2, 0) is 0 Å². The molecule has 0 heterocycles. The molecule has 0 unspecified atom stereocenters. The molecule has 0 spiro atoms. The number of nitrogens with one attached hydrogen (secondary N) is 1. The molecule has 1 nitrogen and oxygen atoms in total. The van der Waals surface area contributed by atoms with Crippen molar-refractivity contribution in [3.63, 3.8) is 0 Å². The molecule has 0 fully saturated rings. The molecule has 1 aliphatic rings. The third-order valence-corrected chi connectivity index (χ3v) is 1.87. The van der Waals surface area contributed by atoms with Crippen LogP contribution in [0.5, 0.6) is 0 Å². The average Bonchev–Trinajstić information content (AvgIpc) is 2.21. The van der Waals surface area contributed by atoms with Crippen LogP contribution in [0.4, 0.5) is 5.69 Å². The Hall–Kier alpha value is -1.50. The van der Waals surface area contributed by atoms with Gasteiger partial charge in [-0.3, -0.25) is 0 Å². The molecule has 1 aromatic carbocycles. The number of allylic oxidation sites excluding steroid dienone is 4. The van der Waals surface area contributed by atoms with Gasteiger partial charge < -0.3 is 5.32 Å². The predicted octanol–water partition coefficient (Wildman–Crippen LogP) is 2.95. The van der Waals surface area contributed by atoms with Gasteiger partial charge in [0.15, 0.2) is 0 Å². The summed E-state index contributed by atoms with van der Waals surface area (Å²) in [4.78, 5) is 0. The van der Waals surface area contributed by atoms with Gasteiger partial charge in [-0.1, -0.05) is 24.3 Å². The van der Waals surface area contributed by atoms with Gasteiger partial charge in [-0.15, -0.1) is 0 Å². The molecule has 1 aliphatic carbocycles. The molecular weight excluding hydrogens is 158 g/mol. The summed E-state index contributed by atoms with van der Waals surface area (Å²) in [6, 6.07) is 10.1. The molecule has 0 saturated heterocycles. The fourth-order valence-electron chi connectivity index (χ4n) is 1.24. The van der Waals surface area contributed by atoms with Gasteiger partial charge in [-0.2, -0.15) is 0 Å². The zero-order chi connectivity index (χ0) is 8.93. The van der Waals surface area contributed by atoms with E-state index in [2.05, 4.69) is 17.8 Å². The minimum atomic E-state index is 0.964. The molecule has 0 atom stereocenters. The standard InChI is InChI=1S/C12H11N/c1-3-7-11(8-4-1)13-12-9-5-2-6-10-12/h1-4,7-10,13H,5H2. The second kappa shape index (κ2) is 3.94. The third kappa shape index (κ3) is 2.22. The van der Waals surface area contributed by atoms with Crippen LogP contribution in [0, 0.1) is 12.5 Å². The van der Waals surface area contributed by atoms with Crippen molar-refractivity contribution in [1.29, 1.82) is 0 Å². The molecule has 2 radical (unpaired) electrons. The first kappa shape index (κ1) is 8.11. The van der Waals surface area contributed by atoms with Gasteiger partial charge in [0.25, 0.3) is 0 Å². The van der Waals surface area contributed by atoms with Gasteiger partial charge in [-0.25, -0.2) is 0 Å². The van der Waals surface area contributed by atoms with E-state index in [4.69, 9.17) is 0 Å². The van der Waals surface area contributed by atoms with Crippen LogP contribution in [0.25, 0.3) is 0 Å². The summed E-state index contributed by atoms with van der Waals surface area (Å²) >= 11 is 0. The zero-order valence-corrected chi connectivity index (χ0v) is 7.33. The van der Waals surface area contributed by atoms with Crippen LogP contribution in [0.15, 0.2) is 48.2 Å². The minimum Gasteiger partial charge on any atom is -0.359 e. The van der Waals surface area contributed by atoms with E-state index in [0.29, 0.717) is 0 Å². The number of hydrogen-bond donors (Lipinski definition) is 1. The van der Waals surface area contributed by atoms with Crippen LogP contribution < -0.4 is 5.32 Å². The summed E-state index contributed by atoms with van der Waals surface area (Å²) in [5, 5.41) is 3.30. The summed E-state index contributed by atoms with van der Waals surface area (Å²) in [7, 11) is 0. The molecule has 1 aromatic rings. The third-order valence-electron chi connectivity index (χ3n) is 1.87. The summed E-state index contributed by atoms with van der Waals surface area (Å²) in [6.45, 7) is 0. The highest BCUT2D eigenvalue weighted by Crippen LogP contribution is 2.14. The van der Waals surface area contributed by atoms with Crippen molar-refractivity contribution in [2.45, 2.75) is 6.42 Å². The van der Waals surface area contributed by atoms with E-state index in [0.717, 1.165) is 17.8 Å². The topological polar surface area (TPSA) is 12.0 Å². The van der Waals surface area contributed by atoms with E-state index in [1.54, 1.807) is 0 Å². The number of hydrogen-bond acceptors (Lipinski definition) is 1. The lowest BCUT2D eigenvalue weighted by atomic mass is 10.1. The van der Waals surface area contributed by atoms with Crippen LogP contribution >= 0.6 is 0 Å². The quantitative estimate of drug-likeness (QED) is 0.717. The van der Waals surface area contributed by atoms with Crippen molar-refractivity contribution < 1.29 is 0 Å². The lowest BCUT2D eigenvalue weighted by molar-refractivity contribution is 1.17. The predicted molar refractivity (Wildman–Crippen MR) is 54.9 cm³/mol. The monoisotopic (exact) mass is 169 g/mol. The van der Waals surface area contributed by atoms with Crippen molar-refractivity contribution >= 4 is 5.69 Å². The first-order valence-electron chi connectivity index (χ1n) is 4.38. The lowest BCUT2D eigenvalue weighted by Gasteiger charge is -2.10. The Balaban J connectivity index is 2.06. The largest absolute Gasteiger partial charge is 0.359 e. The minimum absolute atomic E-state index is 0.964. The van der Waals surface area contributed by atoms with E-state index >= 15 is 0 Å². The van der Waals surface area contributed by atoms with Crippen molar-refractivity contribution in [1.82, 2.24) is 0 Å². The van der Waals surface area contributed by atoms with Gasteiger partial charge in [-0.05, 0) is 30.7 Å². The van der Waals surface area contributed by atoms with E-state index < -0.39 is 0 Å². The Morgan fingerprint density at radius 2 is 2.00 bits per heavy atom. The molecule has 0 bridgehead atoms. The number of benzene rings is 1. The Morgan fingerprint density at radius 1 is 1.15 bits per heavy atom. The molecule has 0 aliphatic heterocycles. The van der Waals surface area contributed by atoms with E-state index in [9.17, 15) is 0 Å². The van der Waals surface area contributed by atoms with Crippen molar-refractivity contribution in [2.75, 3.05) is 5.32 Å². The molecule has 64 valence electrons. The normalized spacial score (nSPS) is 15.2. The van der Waals surface area contributed by atoms with Crippen LogP contribution in [-0.4, -0.2) is 0 Å². The van der Waals surface area contributed by atoms with E-state index in [-0.39, 0.29) is 0 Å². The first-order chi connectivity index (χ1) is 6.45. The lowest BCUT2D eigenvalue weighted by Crippen LogP contribution is -2.01. The summed E-state index contributed by atoms with van der Waals surface area (Å²) in [5.74, 6) is 0. The number of anilines is 1. The van der Waals surface area contributed by atoms with E-state index in [1.165, 1.54) is 0 Å². The van der Waals surface area contributed by atoms with Gasteiger partial charge in [0.2, 0.25) is 0 Å². The van der Waals surface area contributed by atoms with Gasteiger partial charge in [0.1, 0.15) is 0 Å². The van der Waals surface area contributed by atoms with Crippen LogP contribution in [0.3, 0.4) is 0 Å². The van der Waals surface area contributed by atoms with Crippen LogP contribution in [0.1, 0.15) is 6.42 Å². The molecule has 0 aromatic heterocycles. The maximum atomic E-state index is 3.30. The first-order valence-corrected chi connectivity index (χ1v) is 4.38. The van der Waals surface area contributed by atoms with Crippen molar-refractivity contribution in [2.24, 2.45) is 0 Å².